The molecular weight excluding hydrogens is 264 g/mol. The zero-order valence-corrected chi connectivity index (χ0v) is 13.0. The van der Waals surface area contributed by atoms with Crippen molar-refractivity contribution in [3.63, 3.8) is 0 Å². The fourth-order valence-electron chi connectivity index (χ4n) is 2.70. The van der Waals surface area contributed by atoms with Gasteiger partial charge < -0.3 is 4.74 Å². The molecule has 0 unspecified atom stereocenters. The van der Waals surface area contributed by atoms with E-state index in [4.69, 9.17) is 4.74 Å². The number of rotatable bonds is 5. The first-order valence-electron chi connectivity index (χ1n) is 7.71. The van der Waals surface area contributed by atoms with E-state index in [-0.39, 0.29) is 0 Å². The lowest BCUT2D eigenvalue weighted by molar-refractivity contribution is 0.310. The Labute approximate surface area is 124 Å². The molecule has 0 atom stereocenters. The Kier molecular flexibility index (Phi) is 4.51. The van der Waals surface area contributed by atoms with Crippen molar-refractivity contribution in [2.45, 2.75) is 37.5 Å². The molecule has 0 amide bonds. The van der Waals surface area contributed by atoms with E-state index in [1.54, 1.807) is 4.90 Å². The van der Waals surface area contributed by atoms with Gasteiger partial charge in [-0.3, -0.25) is 0 Å². The van der Waals surface area contributed by atoms with Crippen LogP contribution in [0.5, 0.6) is 5.75 Å². The van der Waals surface area contributed by atoms with Crippen molar-refractivity contribution in [2.75, 3.05) is 18.1 Å². The number of hydrogen-bond donors (Lipinski definition) is 0. The molecule has 1 saturated heterocycles. The molecule has 0 spiro atoms. The van der Waals surface area contributed by atoms with Crippen LogP contribution in [0, 0.1) is 0 Å². The van der Waals surface area contributed by atoms with Crippen molar-refractivity contribution in [1.82, 2.24) is 0 Å². The Balaban J connectivity index is 1.79. The maximum absolute atomic E-state index is 5.79. The van der Waals surface area contributed by atoms with Crippen LogP contribution in [0.1, 0.15) is 32.6 Å². The van der Waals surface area contributed by atoms with Crippen molar-refractivity contribution in [3.8, 4) is 5.75 Å². The first kappa shape index (κ1) is 13.8. The Morgan fingerprint density at radius 1 is 1.00 bits per heavy atom. The van der Waals surface area contributed by atoms with Gasteiger partial charge in [-0.15, -0.1) is 0 Å². The molecular formula is C18H23OS+. The van der Waals surface area contributed by atoms with Crippen LogP contribution in [0.15, 0.2) is 41.3 Å². The first-order valence-corrected chi connectivity index (χ1v) is 9.27. The molecule has 3 rings (SSSR count). The van der Waals surface area contributed by atoms with Gasteiger partial charge in [0.25, 0.3) is 0 Å². The van der Waals surface area contributed by atoms with Crippen LogP contribution in [-0.2, 0) is 10.9 Å². The lowest BCUT2D eigenvalue weighted by atomic mass is 10.1. The van der Waals surface area contributed by atoms with Crippen molar-refractivity contribution >= 4 is 21.7 Å². The zero-order chi connectivity index (χ0) is 13.8. The number of fused-ring (bicyclic) bond motifs is 1. The lowest BCUT2D eigenvalue weighted by Crippen LogP contribution is -2.03. The van der Waals surface area contributed by atoms with Gasteiger partial charge in [0.05, 0.1) is 6.61 Å². The topological polar surface area (TPSA) is 9.23 Å². The lowest BCUT2D eigenvalue weighted by Gasteiger charge is -2.07. The second kappa shape index (κ2) is 6.53. The highest BCUT2D eigenvalue weighted by atomic mass is 32.2. The van der Waals surface area contributed by atoms with Gasteiger partial charge in [-0.1, -0.05) is 19.4 Å². The van der Waals surface area contributed by atoms with E-state index in [2.05, 4.69) is 43.3 Å². The van der Waals surface area contributed by atoms with Crippen LogP contribution in [0.3, 0.4) is 0 Å². The summed E-state index contributed by atoms with van der Waals surface area (Å²) < 4.78 is 5.79. The van der Waals surface area contributed by atoms with Gasteiger partial charge in [-0.05, 0) is 54.3 Å². The van der Waals surface area contributed by atoms with Crippen LogP contribution in [0.2, 0.25) is 0 Å². The van der Waals surface area contributed by atoms with Crippen molar-refractivity contribution in [2.24, 2.45) is 0 Å². The molecule has 106 valence electrons. The molecule has 1 fully saturated rings. The van der Waals surface area contributed by atoms with Crippen molar-refractivity contribution in [3.05, 3.63) is 36.4 Å². The van der Waals surface area contributed by atoms with E-state index < -0.39 is 0 Å². The third-order valence-corrected chi connectivity index (χ3v) is 6.40. The average Bonchev–Trinajstić information content (AvgIpc) is 3.01. The molecule has 0 saturated carbocycles. The summed E-state index contributed by atoms with van der Waals surface area (Å²) in [4.78, 5) is 1.55. The summed E-state index contributed by atoms with van der Waals surface area (Å²) in [7, 11) is 0.511. The zero-order valence-electron chi connectivity index (χ0n) is 12.2. The van der Waals surface area contributed by atoms with Gasteiger partial charge in [0.15, 0.2) is 4.90 Å². The molecule has 0 aliphatic carbocycles. The normalized spacial score (nSPS) is 15.8. The molecule has 1 aliphatic heterocycles. The monoisotopic (exact) mass is 287 g/mol. The Hall–Kier alpha value is -1.15. The van der Waals surface area contributed by atoms with Gasteiger partial charge >= 0.3 is 0 Å². The van der Waals surface area contributed by atoms with E-state index in [1.807, 2.05) is 0 Å². The van der Waals surface area contributed by atoms with E-state index in [0.717, 1.165) is 18.8 Å². The molecule has 0 bridgehead atoms. The number of unbranched alkanes of at least 4 members (excludes halogenated alkanes) is 1. The molecule has 2 heteroatoms. The van der Waals surface area contributed by atoms with Gasteiger partial charge in [0, 0.05) is 17.0 Å². The minimum atomic E-state index is 0.511. The van der Waals surface area contributed by atoms with Crippen LogP contribution >= 0.6 is 0 Å². The highest BCUT2D eigenvalue weighted by Crippen LogP contribution is 2.28. The Morgan fingerprint density at radius 2 is 1.75 bits per heavy atom. The molecule has 1 heterocycles. The standard InChI is InChI=1S/C18H23OS/c1-2-3-10-19-17-8-6-16-14-18(9-7-15(16)13-17)20-11-4-5-12-20/h6-9,13-14H,2-5,10-12H2,1H3/q+1. The summed E-state index contributed by atoms with van der Waals surface area (Å²) >= 11 is 0. The van der Waals surface area contributed by atoms with Crippen LogP contribution in [0.4, 0.5) is 0 Å². The van der Waals surface area contributed by atoms with E-state index >= 15 is 0 Å². The fourth-order valence-corrected chi connectivity index (χ4v) is 5.03. The Morgan fingerprint density at radius 3 is 2.55 bits per heavy atom. The number of benzene rings is 2. The van der Waals surface area contributed by atoms with Gasteiger partial charge in [-0.2, -0.15) is 0 Å². The summed E-state index contributed by atoms with van der Waals surface area (Å²) in [6.07, 6.45) is 5.12. The van der Waals surface area contributed by atoms with Gasteiger partial charge in [0.1, 0.15) is 17.3 Å². The number of hydrogen-bond acceptors (Lipinski definition) is 1. The van der Waals surface area contributed by atoms with Crippen LogP contribution < -0.4 is 4.74 Å². The second-order valence-corrected chi connectivity index (χ2v) is 7.75. The van der Waals surface area contributed by atoms with Crippen molar-refractivity contribution in [1.29, 1.82) is 0 Å². The highest BCUT2D eigenvalue weighted by molar-refractivity contribution is 7.97. The smallest absolute Gasteiger partial charge is 0.155 e. The highest BCUT2D eigenvalue weighted by Gasteiger charge is 2.26. The molecule has 1 nitrogen and oxygen atoms in total. The van der Waals surface area contributed by atoms with E-state index in [1.165, 1.54) is 41.5 Å². The minimum Gasteiger partial charge on any atom is -0.494 e. The summed E-state index contributed by atoms with van der Waals surface area (Å²) in [5.41, 5.74) is 0. The molecule has 2 aromatic carbocycles. The molecule has 1 aliphatic rings. The first-order chi connectivity index (χ1) is 9.86. The minimum absolute atomic E-state index is 0.511. The summed E-state index contributed by atoms with van der Waals surface area (Å²) in [6.45, 7) is 3.01. The largest absolute Gasteiger partial charge is 0.494 e. The average molecular weight is 287 g/mol. The fraction of sp³-hybridized carbons (Fsp3) is 0.444. The molecule has 0 aromatic heterocycles. The predicted molar refractivity (Wildman–Crippen MR) is 89.0 cm³/mol. The predicted octanol–water partition coefficient (Wildman–Crippen LogP) is 4.79. The third kappa shape index (κ3) is 3.12. The molecule has 0 N–H and O–H groups in total. The third-order valence-electron chi connectivity index (χ3n) is 3.91. The maximum Gasteiger partial charge on any atom is 0.155 e. The van der Waals surface area contributed by atoms with Crippen LogP contribution in [0.25, 0.3) is 10.8 Å². The van der Waals surface area contributed by atoms with E-state index in [0.29, 0.717) is 10.9 Å². The quantitative estimate of drug-likeness (QED) is 0.567. The Bertz CT molecular complexity index is 573. The SMILES string of the molecule is CCCCOc1ccc2cc([S+]3CCCC3)ccc2c1. The molecule has 2 aromatic rings. The molecule has 20 heavy (non-hydrogen) atoms. The summed E-state index contributed by atoms with van der Waals surface area (Å²) in [6, 6.07) is 13.5. The van der Waals surface area contributed by atoms with Gasteiger partial charge in [-0.25, -0.2) is 0 Å². The second-order valence-electron chi connectivity index (χ2n) is 5.48. The maximum atomic E-state index is 5.79. The van der Waals surface area contributed by atoms with E-state index in [9.17, 15) is 0 Å². The van der Waals surface area contributed by atoms with Gasteiger partial charge in [0.2, 0.25) is 0 Å². The number of ether oxygens (including phenoxy) is 1. The van der Waals surface area contributed by atoms with Crippen LogP contribution in [-0.4, -0.2) is 18.1 Å². The molecule has 0 radical (unpaired) electrons. The van der Waals surface area contributed by atoms with Crippen molar-refractivity contribution < 1.29 is 4.74 Å². The summed E-state index contributed by atoms with van der Waals surface area (Å²) in [5, 5.41) is 2.65. The summed E-state index contributed by atoms with van der Waals surface area (Å²) in [5.74, 6) is 3.79.